The Kier molecular flexibility index (Phi) is 5.79. The number of hydrogen-bond donors (Lipinski definition) is 2. The molecule has 0 atom stereocenters. The van der Waals surface area contributed by atoms with Crippen LogP contribution in [0.1, 0.15) is 11.1 Å². The highest BCUT2D eigenvalue weighted by molar-refractivity contribution is 5.99. The molecule has 1 aromatic heterocycles. The first-order chi connectivity index (χ1) is 14.6. The summed E-state index contributed by atoms with van der Waals surface area (Å²) in [6.45, 7) is 7.57. The van der Waals surface area contributed by atoms with Gasteiger partial charge in [-0.2, -0.15) is 0 Å². The fourth-order valence-corrected chi connectivity index (χ4v) is 3.75. The summed E-state index contributed by atoms with van der Waals surface area (Å²) in [5.41, 5.74) is 4.20. The summed E-state index contributed by atoms with van der Waals surface area (Å²) in [4.78, 5) is 25.6. The first-order valence-corrected chi connectivity index (χ1v) is 10.1. The SMILES string of the molecule is Cc1cc(C)cc(NC(=O)Nc2cc(N3CCN(c4ccccc4)CC3)ncn2)c1. The third-order valence-electron chi connectivity index (χ3n) is 5.10. The number of aromatic nitrogens is 2. The Labute approximate surface area is 176 Å². The van der Waals surface area contributed by atoms with Crippen LogP contribution in [-0.4, -0.2) is 42.2 Å². The summed E-state index contributed by atoms with van der Waals surface area (Å²) < 4.78 is 0. The van der Waals surface area contributed by atoms with Crippen molar-refractivity contribution in [3.63, 3.8) is 0 Å². The first kappa shape index (κ1) is 19.7. The lowest BCUT2D eigenvalue weighted by molar-refractivity contribution is 0.262. The van der Waals surface area contributed by atoms with Gasteiger partial charge in [-0.05, 0) is 49.2 Å². The largest absolute Gasteiger partial charge is 0.368 e. The highest BCUT2D eigenvalue weighted by Gasteiger charge is 2.19. The zero-order valence-corrected chi connectivity index (χ0v) is 17.3. The van der Waals surface area contributed by atoms with Crippen molar-refractivity contribution in [2.75, 3.05) is 46.6 Å². The average Bonchev–Trinajstić information content (AvgIpc) is 2.74. The number of carbonyl (C=O) groups excluding carboxylic acids is 1. The molecule has 2 N–H and O–H groups in total. The fraction of sp³-hybridized carbons (Fsp3) is 0.261. The van der Waals surface area contributed by atoms with E-state index >= 15 is 0 Å². The van der Waals surface area contributed by atoms with Crippen LogP contribution in [0.25, 0.3) is 0 Å². The van der Waals surface area contributed by atoms with Crippen molar-refractivity contribution < 1.29 is 4.79 Å². The number of aryl methyl sites for hydroxylation is 2. The van der Waals surface area contributed by atoms with Crippen molar-refractivity contribution in [1.82, 2.24) is 9.97 Å². The third-order valence-corrected chi connectivity index (χ3v) is 5.10. The van der Waals surface area contributed by atoms with Crippen LogP contribution in [0.5, 0.6) is 0 Å². The van der Waals surface area contributed by atoms with Crippen molar-refractivity contribution in [2.45, 2.75) is 13.8 Å². The van der Waals surface area contributed by atoms with Gasteiger partial charge in [-0.3, -0.25) is 5.32 Å². The standard InChI is InChI=1S/C23H26N6O/c1-17-12-18(2)14-19(13-17)26-23(30)27-21-15-22(25-16-24-21)29-10-8-28(9-11-29)20-6-4-3-5-7-20/h3-7,12-16H,8-11H2,1-2H3,(H2,24,25,26,27,30). The topological polar surface area (TPSA) is 73.4 Å². The Hall–Kier alpha value is -3.61. The van der Waals surface area contributed by atoms with E-state index < -0.39 is 0 Å². The number of rotatable bonds is 4. The molecule has 0 spiro atoms. The van der Waals surface area contributed by atoms with E-state index in [9.17, 15) is 4.79 Å². The molecule has 4 rings (SSSR count). The van der Waals surface area contributed by atoms with Gasteiger partial charge in [-0.15, -0.1) is 0 Å². The zero-order chi connectivity index (χ0) is 20.9. The molecule has 2 aromatic carbocycles. The molecule has 154 valence electrons. The predicted molar refractivity (Wildman–Crippen MR) is 121 cm³/mol. The van der Waals surface area contributed by atoms with E-state index in [0.29, 0.717) is 5.82 Å². The molecule has 2 heterocycles. The molecule has 0 bridgehead atoms. The van der Waals surface area contributed by atoms with E-state index in [0.717, 1.165) is 48.8 Å². The quantitative estimate of drug-likeness (QED) is 0.688. The molecule has 1 fully saturated rings. The van der Waals surface area contributed by atoms with Gasteiger partial charge >= 0.3 is 6.03 Å². The number of amides is 2. The molecule has 1 saturated heterocycles. The number of anilines is 4. The number of nitrogens with one attached hydrogen (secondary N) is 2. The van der Waals surface area contributed by atoms with Crippen molar-refractivity contribution in [2.24, 2.45) is 0 Å². The van der Waals surface area contributed by atoms with Gasteiger partial charge in [0.2, 0.25) is 0 Å². The number of urea groups is 1. The van der Waals surface area contributed by atoms with E-state index in [1.807, 2.05) is 38.1 Å². The van der Waals surface area contributed by atoms with Crippen molar-refractivity contribution >= 4 is 29.0 Å². The monoisotopic (exact) mass is 402 g/mol. The Morgan fingerprint density at radius 3 is 2.20 bits per heavy atom. The molecule has 3 aromatic rings. The normalized spacial score (nSPS) is 13.8. The molecule has 7 heteroatoms. The summed E-state index contributed by atoms with van der Waals surface area (Å²) in [6, 6.07) is 17.9. The minimum atomic E-state index is -0.321. The summed E-state index contributed by atoms with van der Waals surface area (Å²) in [7, 11) is 0. The second kappa shape index (κ2) is 8.82. The lowest BCUT2D eigenvalue weighted by Gasteiger charge is -2.36. The van der Waals surface area contributed by atoms with E-state index in [2.05, 4.69) is 60.7 Å². The fourth-order valence-electron chi connectivity index (χ4n) is 3.75. The summed E-state index contributed by atoms with van der Waals surface area (Å²) in [5.74, 6) is 1.30. The van der Waals surface area contributed by atoms with Gasteiger partial charge in [0.25, 0.3) is 0 Å². The number of hydrogen-bond acceptors (Lipinski definition) is 5. The molecule has 1 aliphatic heterocycles. The lowest BCUT2D eigenvalue weighted by Crippen LogP contribution is -2.46. The van der Waals surface area contributed by atoms with Crippen LogP contribution in [0.3, 0.4) is 0 Å². The zero-order valence-electron chi connectivity index (χ0n) is 17.3. The van der Waals surface area contributed by atoms with Gasteiger partial charge in [0.1, 0.15) is 18.0 Å². The average molecular weight is 403 g/mol. The van der Waals surface area contributed by atoms with Crippen molar-refractivity contribution in [3.05, 3.63) is 72.1 Å². The smallest absolute Gasteiger partial charge is 0.324 e. The number of carbonyl (C=O) groups is 1. The van der Waals surface area contributed by atoms with Gasteiger partial charge in [-0.1, -0.05) is 24.3 Å². The highest BCUT2D eigenvalue weighted by Crippen LogP contribution is 2.20. The van der Waals surface area contributed by atoms with Crippen LogP contribution in [-0.2, 0) is 0 Å². The first-order valence-electron chi connectivity index (χ1n) is 10.1. The van der Waals surface area contributed by atoms with E-state index in [-0.39, 0.29) is 6.03 Å². The van der Waals surface area contributed by atoms with Crippen LogP contribution >= 0.6 is 0 Å². The van der Waals surface area contributed by atoms with Crippen LogP contribution in [0, 0.1) is 13.8 Å². The molecular weight excluding hydrogens is 376 g/mol. The molecular formula is C23H26N6O. The lowest BCUT2D eigenvalue weighted by atomic mass is 10.1. The van der Waals surface area contributed by atoms with Gasteiger partial charge in [0.15, 0.2) is 0 Å². The Morgan fingerprint density at radius 1 is 0.833 bits per heavy atom. The van der Waals surface area contributed by atoms with E-state index in [1.165, 1.54) is 12.0 Å². The maximum absolute atomic E-state index is 12.4. The number of piperazine rings is 1. The molecule has 0 radical (unpaired) electrons. The van der Waals surface area contributed by atoms with E-state index in [1.54, 1.807) is 0 Å². The molecule has 0 unspecified atom stereocenters. The van der Waals surface area contributed by atoms with Crippen LogP contribution in [0.15, 0.2) is 60.9 Å². The van der Waals surface area contributed by atoms with Crippen molar-refractivity contribution in [1.29, 1.82) is 0 Å². The molecule has 0 saturated carbocycles. The summed E-state index contributed by atoms with van der Waals surface area (Å²) in [5, 5.41) is 5.67. The minimum Gasteiger partial charge on any atom is -0.368 e. The van der Waals surface area contributed by atoms with Gasteiger partial charge in [-0.25, -0.2) is 14.8 Å². The van der Waals surface area contributed by atoms with E-state index in [4.69, 9.17) is 0 Å². The molecule has 0 aliphatic carbocycles. The van der Waals surface area contributed by atoms with Gasteiger partial charge in [0.05, 0.1) is 0 Å². The predicted octanol–water partition coefficient (Wildman–Crippen LogP) is 4.06. The highest BCUT2D eigenvalue weighted by atomic mass is 16.2. The Balaban J connectivity index is 1.36. The number of para-hydroxylation sites is 1. The van der Waals surface area contributed by atoms with Gasteiger partial charge < -0.3 is 15.1 Å². The molecule has 7 nitrogen and oxygen atoms in total. The Morgan fingerprint density at radius 2 is 1.50 bits per heavy atom. The van der Waals surface area contributed by atoms with Crippen LogP contribution in [0.4, 0.5) is 27.8 Å². The summed E-state index contributed by atoms with van der Waals surface area (Å²) >= 11 is 0. The second-order valence-corrected chi connectivity index (χ2v) is 7.53. The third kappa shape index (κ3) is 4.86. The molecule has 1 aliphatic rings. The minimum absolute atomic E-state index is 0.321. The summed E-state index contributed by atoms with van der Waals surface area (Å²) in [6.07, 6.45) is 1.49. The molecule has 2 amide bonds. The second-order valence-electron chi connectivity index (χ2n) is 7.53. The van der Waals surface area contributed by atoms with Crippen molar-refractivity contribution in [3.8, 4) is 0 Å². The number of benzene rings is 2. The van der Waals surface area contributed by atoms with Gasteiger partial charge in [0, 0.05) is 43.6 Å². The van der Waals surface area contributed by atoms with Crippen LogP contribution < -0.4 is 20.4 Å². The van der Waals surface area contributed by atoms with Crippen LogP contribution in [0.2, 0.25) is 0 Å². The maximum atomic E-state index is 12.4. The maximum Gasteiger partial charge on any atom is 0.324 e. The Bertz CT molecular complexity index is 995. The number of nitrogens with zero attached hydrogens (tertiary/aromatic N) is 4. The molecule has 30 heavy (non-hydrogen) atoms.